The van der Waals surface area contributed by atoms with E-state index in [1.54, 1.807) is 11.3 Å². The summed E-state index contributed by atoms with van der Waals surface area (Å²) in [6.45, 7) is 1.97. The molecule has 7 heteroatoms. The second kappa shape index (κ2) is 5.33. The van der Waals surface area contributed by atoms with Gasteiger partial charge in [0.05, 0.1) is 11.3 Å². The lowest BCUT2D eigenvalue weighted by molar-refractivity contribution is 0.327. The number of pyridine rings is 1. The number of nitrogens with one attached hydrogen (secondary N) is 3. The van der Waals surface area contributed by atoms with Crippen molar-refractivity contribution in [3.8, 4) is 10.6 Å². The Morgan fingerprint density at radius 1 is 1.27 bits per heavy atom. The fourth-order valence-corrected chi connectivity index (χ4v) is 3.61. The van der Waals surface area contributed by atoms with Crippen molar-refractivity contribution < 1.29 is 0 Å². The van der Waals surface area contributed by atoms with E-state index in [1.165, 1.54) is 0 Å². The van der Waals surface area contributed by atoms with Gasteiger partial charge in [-0.05, 0) is 32.9 Å². The van der Waals surface area contributed by atoms with Crippen LogP contribution in [0.3, 0.4) is 0 Å². The van der Waals surface area contributed by atoms with Gasteiger partial charge in [0, 0.05) is 29.9 Å². The minimum Gasteiger partial charge on any atom is -0.381 e. The fraction of sp³-hybridized carbons (Fsp3) is 0.400. The molecule has 22 heavy (non-hydrogen) atoms. The quantitative estimate of drug-likeness (QED) is 0.690. The van der Waals surface area contributed by atoms with Crippen molar-refractivity contribution in [3.05, 3.63) is 23.5 Å². The molecule has 0 bridgehead atoms. The van der Waals surface area contributed by atoms with Gasteiger partial charge in [-0.25, -0.2) is 4.98 Å². The molecule has 3 aromatic heterocycles. The zero-order valence-corrected chi connectivity index (χ0v) is 13.4. The van der Waals surface area contributed by atoms with Crippen LogP contribution in [0.1, 0.15) is 17.8 Å². The lowest BCUT2D eigenvalue weighted by Crippen LogP contribution is -2.46. The molecule has 6 nitrogen and oxygen atoms in total. The van der Waals surface area contributed by atoms with Crippen molar-refractivity contribution in [3.63, 3.8) is 0 Å². The molecule has 1 fully saturated rings. The zero-order valence-electron chi connectivity index (χ0n) is 12.6. The Balaban J connectivity index is 1.74. The first-order chi connectivity index (χ1) is 10.7. The number of hydrogen-bond acceptors (Lipinski definition) is 6. The molecule has 0 amide bonds. The molecule has 0 spiro atoms. The highest BCUT2D eigenvalue weighted by molar-refractivity contribution is 7.14. The number of anilines is 1. The van der Waals surface area contributed by atoms with Gasteiger partial charge in [0.1, 0.15) is 10.7 Å². The third-order valence-corrected chi connectivity index (χ3v) is 5.11. The highest BCUT2D eigenvalue weighted by Gasteiger charge is 2.29. The van der Waals surface area contributed by atoms with Crippen molar-refractivity contribution in [2.45, 2.75) is 31.8 Å². The normalized spacial score (nSPS) is 21.0. The smallest absolute Gasteiger partial charge is 0.151 e. The van der Waals surface area contributed by atoms with Gasteiger partial charge < -0.3 is 15.6 Å². The maximum Gasteiger partial charge on any atom is 0.151 e. The van der Waals surface area contributed by atoms with E-state index in [4.69, 9.17) is 0 Å². The van der Waals surface area contributed by atoms with E-state index in [0.29, 0.717) is 12.1 Å². The maximum absolute atomic E-state index is 4.50. The Kier molecular flexibility index (Phi) is 3.31. The van der Waals surface area contributed by atoms with E-state index in [2.05, 4.69) is 36.9 Å². The summed E-state index contributed by atoms with van der Waals surface area (Å²) in [5, 5.41) is 18.4. The minimum absolute atomic E-state index is 0.491. The van der Waals surface area contributed by atoms with Gasteiger partial charge in [0.15, 0.2) is 5.01 Å². The summed E-state index contributed by atoms with van der Waals surface area (Å²) in [5.41, 5.74) is 3.05. The van der Waals surface area contributed by atoms with Gasteiger partial charge in [-0.1, -0.05) is 11.3 Å². The van der Waals surface area contributed by atoms with Gasteiger partial charge >= 0.3 is 0 Å². The molecule has 0 unspecified atom stereocenters. The molecular formula is C15H18N6S. The van der Waals surface area contributed by atoms with Crippen LogP contribution in [0, 0.1) is 6.92 Å². The predicted octanol–water partition coefficient (Wildman–Crippen LogP) is 2.55. The summed E-state index contributed by atoms with van der Waals surface area (Å²) in [7, 11) is 2.02. The number of rotatable bonds is 4. The topological polar surface area (TPSA) is 78.5 Å². The summed E-state index contributed by atoms with van der Waals surface area (Å²) >= 11 is 1.60. The van der Waals surface area contributed by atoms with Gasteiger partial charge in [-0.3, -0.25) is 0 Å². The SMILES string of the molecule is CN[C@H]1C[C@@H](Nc2c(-c3nnc(C)s3)cnc3[nH]ccc23)C1. The van der Waals surface area contributed by atoms with Crippen LogP contribution in [-0.2, 0) is 0 Å². The molecule has 0 saturated heterocycles. The number of aromatic amines is 1. The van der Waals surface area contributed by atoms with Crippen LogP contribution >= 0.6 is 11.3 Å². The molecule has 1 aliphatic carbocycles. The highest BCUT2D eigenvalue weighted by atomic mass is 32.1. The Morgan fingerprint density at radius 2 is 2.14 bits per heavy atom. The van der Waals surface area contributed by atoms with E-state index in [9.17, 15) is 0 Å². The van der Waals surface area contributed by atoms with Crippen LogP contribution < -0.4 is 10.6 Å². The second-order valence-corrected chi connectivity index (χ2v) is 6.89. The monoisotopic (exact) mass is 314 g/mol. The minimum atomic E-state index is 0.491. The maximum atomic E-state index is 4.50. The standard InChI is InChI=1S/C15H18N6S/c1-8-20-21-15(22-8)12-7-18-14-11(3-4-17-14)13(12)19-10-5-9(6-10)16-2/h3-4,7,9-10,16H,5-6H2,1-2H3,(H2,17,18,19)/t9-,10+. The Bertz CT molecular complexity index is 801. The van der Waals surface area contributed by atoms with Crippen LogP contribution in [0.25, 0.3) is 21.6 Å². The average molecular weight is 314 g/mol. The van der Waals surface area contributed by atoms with Crippen molar-refractivity contribution in [1.29, 1.82) is 0 Å². The van der Waals surface area contributed by atoms with Crippen LogP contribution in [0.5, 0.6) is 0 Å². The molecule has 0 atom stereocenters. The average Bonchev–Trinajstić information content (AvgIpc) is 3.10. The third kappa shape index (κ3) is 2.26. The molecule has 4 rings (SSSR count). The molecular weight excluding hydrogens is 296 g/mol. The number of nitrogens with zero attached hydrogens (tertiary/aromatic N) is 3. The molecule has 0 radical (unpaired) electrons. The zero-order chi connectivity index (χ0) is 15.1. The number of aromatic nitrogens is 4. The number of H-pyrrole nitrogens is 1. The first kappa shape index (κ1) is 13.7. The first-order valence-corrected chi connectivity index (χ1v) is 8.26. The first-order valence-electron chi connectivity index (χ1n) is 7.45. The van der Waals surface area contributed by atoms with Gasteiger partial charge in [0.25, 0.3) is 0 Å². The summed E-state index contributed by atoms with van der Waals surface area (Å²) < 4.78 is 0. The van der Waals surface area contributed by atoms with Gasteiger partial charge in [0.2, 0.25) is 0 Å². The molecule has 3 aromatic rings. The molecule has 1 aliphatic rings. The van der Waals surface area contributed by atoms with E-state index < -0.39 is 0 Å². The number of hydrogen-bond donors (Lipinski definition) is 3. The summed E-state index contributed by atoms with van der Waals surface area (Å²) in [6, 6.07) is 3.18. The number of aryl methyl sites for hydroxylation is 1. The van der Waals surface area contributed by atoms with Crippen LogP contribution in [0.15, 0.2) is 18.5 Å². The summed E-state index contributed by atoms with van der Waals surface area (Å²) in [6.07, 6.45) is 6.09. The molecule has 0 aliphatic heterocycles. The lowest BCUT2D eigenvalue weighted by Gasteiger charge is -2.36. The Hall–Kier alpha value is -1.99. The van der Waals surface area contributed by atoms with Crippen molar-refractivity contribution in [2.75, 3.05) is 12.4 Å². The molecule has 0 aromatic carbocycles. The van der Waals surface area contributed by atoms with Gasteiger partial charge in [-0.15, -0.1) is 10.2 Å². The second-order valence-electron chi connectivity index (χ2n) is 5.71. The van der Waals surface area contributed by atoms with Crippen molar-refractivity contribution >= 4 is 28.1 Å². The van der Waals surface area contributed by atoms with E-state index >= 15 is 0 Å². The molecule has 3 heterocycles. The Morgan fingerprint density at radius 3 is 2.86 bits per heavy atom. The van der Waals surface area contributed by atoms with Crippen LogP contribution in [0.4, 0.5) is 5.69 Å². The van der Waals surface area contributed by atoms with E-state index in [0.717, 1.165) is 45.1 Å². The molecule has 3 N–H and O–H groups in total. The van der Waals surface area contributed by atoms with Crippen LogP contribution in [-0.4, -0.2) is 39.3 Å². The fourth-order valence-electron chi connectivity index (χ4n) is 2.91. The third-order valence-electron chi connectivity index (χ3n) is 4.24. The lowest BCUT2D eigenvalue weighted by atomic mass is 9.86. The van der Waals surface area contributed by atoms with Gasteiger partial charge in [-0.2, -0.15) is 0 Å². The van der Waals surface area contributed by atoms with E-state index in [1.807, 2.05) is 26.4 Å². The Labute approximate surface area is 132 Å². The predicted molar refractivity (Wildman–Crippen MR) is 89.2 cm³/mol. The van der Waals surface area contributed by atoms with Crippen molar-refractivity contribution in [2.24, 2.45) is 0 Å². The highest BCUT2D eigenvalue weighted by Crippen LogP contribution is 2.37. The van der Waals surface area contributed by atoms with E-state index in [-0.39, 0.29) is 0 Å². The number of fused-ring (bicyclic) bond motifs is 1. The molecule has 114 valence electrons. The largest absolute Gasteiger partial charge is 0.381 e. The molecule has 1 saturated carbocycles. The van der Waals surface area contributed by atoms with Crippen molar-refractivity contribution in [1.82, 2.24) is 25.5 Å². The summed E-state index contributed by atoms with van der Waals surface area (Å²) in [5.74, 6) is 0. The summed E-state index contributed by atoms with van der Waals surface area (Å²) in [4.78, 5) is 7.68. The van der Waals surface area contributed by atoms with Crippen LogP contribution in [0.2, 0.25) is 0 Å².